The Morgan fingerprint density at radius 2 is 1.81 bits per heavy atom. The predicted molar refractivity (Wildman–Crippen MR) is 94.2 cm³/mol. The van der Waals surface area contributed by atoms with E-state index < -0.39 is 35.6 Å². The zero-order valence-electron chi connectivity index (χ0n) is 15.2. The van der Waals surface area contributed by atoms with Gasteiger partial charge in [-0.1, -0.05) is 30.3 Å². The minimum Gasteiger partial charge on any atom is -0.480 e. The lowest BCUT2D eigenvalue weighted by atomic mass is 10.00. The fraction of sp³-hybridized carbons (Fsp3) is 0.500. The third kappa shape index (κ3) is 7.98. The van der Waals surface area contributed by atoms with Gasteiger partial charge in [0.15, 0.2) is 0 Å². The number of hydrogen-bond acceptors (Lipinski definition) is 6. The van der Waals surface area contributed by atoms with Crippen molar-refractivity contribution in [3.05, 3.63) is 35.9 Å². The molecule has 1 rings (SSSR count). The first-order chi connectivity index (χ1) is 12.1. The molecule has 0 saturated heterocycles. The normalized spacial score (nSPS) is 13.4. The number of rotatable bonds is 8. The van der Waals surface area contributed by atoms with Crippen LogP contribution in [-0.2, 0) is 25.7 Å². The maximum Gasteiger partial charge on any atom is 0.408 e. The number of nitrogens with two attached hydrogens (primary N) is 1. The maximum absolute atomic E-state index is 12.2. The van der Waals surface area contributed by atoms with E-state index in [2.05, 4.69) is 5.32 Å². The minimum absolute atomic E-state index is 0.0629. The van der Waals surface area contributed by atoms with Crippen LogP contribution >= 0.6 is 0 Å². The van der Waals surface area contributed by atoms with E-state index in [9.17, 15) is 19.5 Å². The van der Waals surface area contributed by atoms with Gasteiger partial charge in [0.25, 0.3) is 0 Å². The minimum atomic E-state index is -1.32. The molecule has 0 aliphatic carbocycles. The summed E-state index contributed by atoms with van der Waals surface area (Å²) in [4.78, 5) is 35.4. The lowest BCUT2D eigenvalue weighted by molar-refractivity contribution is -0.150. The summed E-state index contributed by atoms with van der Waals surface area (Å²) in [6, 6.07) is 7.75. The number of carbonyl (C=O) groups is 3. The first kappa shape index (κ1) is 21.4. The van der Waals surface area contributed by atoms with Gasteiger partial charge in [0, 0.05) is 6.54 Å². The molecule has 1 unspecified atom stereocenters. The van der Waals surface area contributed by atoms with Crippen molar-refractivity contribution in [1.82, 2.24) is 5.32 Å². The summed E-state index contributed by atoms with van der Waals surface area (Å²) in [7, 11) is 0. The number of nitrogens with one attached hydrogen (secondary N) is 1. The monoisotopic (exact) mass is 366 g/mol. The summed E-state index contributed by atoms with van der Waals surface area (Å²) < 4.78 is 10.2. The molecule has 26 heavy (non-hydrogen) atoms. The summed E-state index contributed by atoms with van der Waals surface area (Å²) in [6.45, 7) is 4.94. The average Bonchev–Trinajstić information content (AvgIpc) is 2.55. The van der Waals surface area contributed by atoms with E-state index in [1.54, 1.807) is 32.9 Å². The van der Waals surface area contributed by atoms with Crippen LogP contribution in [0.3, 0.4) is 0 Å². The number of esters is 1. The van der Waals surface area contributed by atoms with Crippen LogP contribution in [0.1, 0.15) is 32.8 Å². The Kier molecular flexibility index (Phi) is 8.05. The van der Waals surface area contributed by atoms with Gasteiger partial charge in [-0.2, -0.15) is 0 Å². The largest absolute Gasteiger partial charge is 0.480 e. The van der Waals surface area contributed by atoms with E-state index in [0.717, 1.165) is 5.56 Å². The highest BCUT2D eigenvalue weighted by molar-refractivity contribution is 5.81. The third-order valence-corrected chi connectivity index (χ3v) is 3.35. The highest BCUT2D eigenvalue weighted by atomic mass is 16.6. The molecule has 2 atom stereocenters. The van der Waals surface area contributed by atoms with Crippen molar-refractivity contribution in [2.45, 2.75) is 45.4 Å². The number of alkyl carbamates (subject to hydrolysis) is 1. The van der Waals surface area contributed by atoms with Gasteiger partial charge in [0.05, 0.1) is 5.92 Å². The molecule has 0 radical (unpaired) electrons. The number of carbonyl (C=O) groups excluding carboxylic acids is 2. The van der Waals surface area contributed by atoms with Crippen molar-refractivity contribution in [3.8, 4) is 0 Å². The van der Waals surface area contributed by atoms with Gasteiger partial charge in [0.2, 0.25) is 0 Å². The number of hydrogen-bond donors (Lipinski definition) is 3. The number of benzene rings is 1. The lowest BCUT2D eigenvalue weighted by Crippen LogP contribution is -2.46. The van der Waals surface area contributed by atoms with Crippen LogP contribution in [-0.4, -0.2) is 41.3 Å². The Hall–Kier alpha value is -2.61. The van der Waals surface area contributed by atoms with E-state index in [0.29, 0.717) is 0 Å². The molecular formula is C18H26N2O6. The molecule has 0 aliphatic rings. The number of aliphatic carboxylic acids is 1. The Balaban J connectivity index is 2.64. The quantitative estimate of drug-likeness (QED) is 0.597. The third-order valence-electron chi connectivity index (χ3n) is 3.35. The summed E-state index contributed by atoms with van der Waals surface area (Å²) in [6.07, 6.45) is -1.07. The van der Waals surface area contributed by atoms with Gasteiger partial charge in [-0.3, -0.25) is 4.79 Å². The predicted octanol–water partition coefficient (Wildman–Crippen LogP) is 1.67. The van der Waals surface area contributed by atoms with Crippen LogP contribution in [0, 0.1) is 5.92 Å². The van der Waals surface area contributed by atoms with Crippen molar-refractivity contribution >= 4 is 18.0 Å². The smallest absolute Gasteiger partial charge is 0.408 e. The molecule has 0 saturated carbocycles. The highest BCUT2D eigenvalue weighted by Crippen LogP contribution is 2.12. The first-order valence-corrected chi connectivity index (χ1v) is 8.25. The molecule has 0 bridgehead atoms. The van der Waals surface area contributed by atoms with Gasteiger partial charge in [0.1, 0.15) is 18.2 Å². The number of carboxylic acids is 1. The summed E-state index contributed by atoms with van der Waals surface area (Å²) in [5, 5.41) is 11.5. The van der Waals surface area contributed by atoms with Crippen LogP contribution in [0.15, 0.2) is 30.3 Å². The van der Waals surface area contributed by atoms with Crippen molar-refractivity contribution < 1.29 is 29.0 Å². The second kappa shape index (κ2) is 9.76. The fourth-order valence-electron chi connectivity index (χ4n) is 2.09. The molecule has 0 fully saturated rings. The molecule has 144 valence electrons. The SMILES string of the molecule is CC(C)(C)OC(=O)N[C@@H](CC(CN)C(=O)OCc1ccccc1)C(=O)O. The molecule has 0 spiro atoms. The molecule has 0 aromatic heterocycles. The topological polar surface area (TPSA) is 128 Å². The molecule has 4 N–H and O–H groups in total. The highest BCUT2D eigenvalue weighted by Gasteiger charge is 2.30. The van der Waals surface area contributed by atoms with Gasteiger partial charge < -0.3 is 25.6 Å². The molecule has 0 heterocycles. The lowest BCUT2D eigenvalue weighted by Gasteiger charge is -2.23. The van der Waals surface area contributed by atoms with Crippen LogP contribution in [0.5, 0.6) is 0 Å². The average molecular weight is 366 g/mol. The first-order valence-electron chi connectivity index (χ1n) is 8.25. The van der Waals surface area contributed by atoms with Crippen LogP contribution in [0.4, 0.5) is 4.79 Å². The van der Waals surface area contributed by atoms with Crippen LogP contribution in [0.2, 0.25) is 0 Å². The van der Waals surface area contributed by atoms with E-state index >= 15 is 0 Å². The van der Waals surface area contributed by atoms with Crippen LogP contribution < -0.4 is 11.1 Å². The Morgan fingerprint density at radius 1 is 1.19 bits per heavy atom. The van der Waals surface area contributed by atoms with Crippen molar-refractivity contribution in [1.29, 1.82) is 0 Å². The van der Waals surface area contributed by atoms with Gasteiger partial charge in [-0.15, -0.1) is 0 Å². The second-order valence-electron chi connectivity index (χ2n) is 6.80. The molecule has 8 nitrogen and oxygen atoms in total. The van der Waals surface area contributed by atoms with Crippen molar-refractivity contribution in [3.63, 3.8) is 0 Å². The summed E-state index contributed by atoms with van der Waals surface area (Å²) in [5.41, 5.74) is 5.62. The number of ether oxygens (including phenoxy) is 2. The molecule has 0 aliphatic heterocycles. The standard InChI is InChI=1S/C18H26N2O6/c1-18(2,3)26-17(24)20-14(15(21)22)9-13(10-19)16(23)25-11-12-7-5-4-6-8-12/h4-8,13-14H,9-11,19H2,1-3H3,(H,20,24)(H,21,22)/t13?,14-/m0/s1. The van der Waals surface area contributed by atoms with E-state index in [1.807, 2.05) is 18.2 Å². The maximum atomic E-state index is 12.2. The Morgan fingerprint density at radius 3 is 2.31 bits per heavy atom. The Bertz CT molecular complexity index is 612. The van der Waals surface area contributed by atoms with Gasteiger partial charge >= 0.3 is 18.0 Å². The molecular weight excluding hydrogens is 340 g/mol. The number of amides is 1. The molecule has 1 aromatic rings. The van der Waals surface area contributed by atoms with Gasteiger partial charge in [-0.25, -0.2) is 9.59 Å². The van der Waals surface area contributed by atoms with Crippen molar-refractivity contribution in [2.24, 2.45) is 11.7 Å². The summed E-state index contributed by atoms with van der Waals surface area (Å²) in [5.74, 6) is -2.77. The zero-order valence-corrected chi connectivity index (χ0v) is 15.2. The molecule has 1 aromatic carbocycles. The van der Waals surface area contributed by atoms with E-state index in [1.165, 1.54) is 0 Å². The Labute approximate surface area is 152 Å². The van der Waals surface area contributed by atoms with E-state index in [-0.39, 0.29) is 19.6 Å². The molecule has 1 amide bonds. The zero-order chi connectivity index (χ0) is 19.7. The fourth-order valence-corrected chi connectivity index (χ4v) is 2.09. The van der Waals surface area contributed by atoms with Gasteiger partial charge in [-0.05, 0) is 32.8 Å². The second-order valence-corrected chi connectivity index (χ2v) is 6.80. The molecule has 8 heteroatoms. The van der Waals surface area contributed by atoms with Crippen LogP contribution in [0.25, 0.3) is 0 Å². The van der Waals surface area contributed by atoms with E-state index in [4.69, 9.17) is 15.2 Å². The number of carboxylic acid groups (broad SMARTS) is 1. The van der Waals surface area contributed by atoms with Crippen molar-refractivity contribution in [2.75, 3.05) is 6.54 Å². The summed E-state index contributed by atoms with van der Waals surface area (Å²) >= 11 is 0.